The lowest BCUT2D eigenvalue weighted by Crippen LogP contribution is -2.07. The summed E-state index contributed by atoms with van der Waals surface area (Å²) >= 11 is 5.00. The molecule has 2 atom stereocenters. The van der Waals surface area contributed by atoms with Crippen LogP contribution in [0.25, 0.3) is 0 Å². The maximum atomic E-state index is 12.2. The average Bonchev–Trinajstić information content (AvgIpc) is 2.10. The Labute approximate surface area is 55.4 Å². The lowest BCUT2D eigenvalue weighted by Gasteiger charge is -1.95. The Morgan fingerprint density at radius 2 is 2.44 bits per heavy atom. The molecular weight excluding hydrogens is 150 g/mol. The third-order valence-electron chi connectivity index (χ3n) is 1.01. The van der Waals surface area contributed by atoms with E-state index in [1.807, 2.05) is 0 Å². The van der Waals surface area contributed by atoms with Crippen molar-refractivity contribution in [2.75, 3.05) is 0 Å². The van der Waals surface area contributed by atoms with Crippen LogP contribution in [-0.4, -0.2) is 22.5 Å². The lowest BCUT2D eigenvalue weighted by atomic mass is 10.8. The van der Waals surface area contributed by atoms with Crippen molar-refractivity contribution in [3.63, 3.8) is 0 Å². The summed E-state index contributed by atoms with van der Waals surface area (Å²) in [5.41, 5.74) is 0. The molecule has 0 bridgehead atoms. The summed E-state index contributed by atoms with van der Waals surface area (Å²) in [6.07, 6.45) is -2.49. The van der Waals surface area contributed by atoms with Crippen LogP contribution in [0.3, 0.4) is 0 Å². The molecule has 0 radical (unpaired) electrons. The van der Waals surface area contributed by atoms with E-state index >= 15 is 0 Å². The molecule has 1 aliphatic rings. The van der Waals surface area contributed by atoms with Crippen LogP contribution in [0.2, 0.25) is 0 Å². The normalized spacial score (nSPS) is 40.0. The van der Waals surface area contributed by atoms with Gasteiger partial charge in [0, 0.05) is 6.42 Å². The second-order valence-corrected chi connectivity index (χ2v) is 2.47. The quantitative estimate of drug-likeness (QED) is 0.458. The molecule has 1 aliphatic carbocycles. The monoisotopic (exact) mass is 154 g/mol. The first-order valence-electron chi connectivity index (χ1n) is 2.30. The van der Waals surface area contributed by atoms with Gasteiger partial charge in [-0.3, -0.25) is 0 Å². The summed E-state index contributed by atoms with van der Waals surface area (Å²) < 4.78 is 16.2. The second-order valence-electron chi connectivity index (χ2n) is 1.84. The minimum atomic E-state index is -1.93. The van der Waals surface area contributed by atoms with Gasteiger partial charge < -0.3 is 9.84 Å². The van der Waals surface area contributed by atoms with Crippen molar-refractivity contribution in [1.82, 2.24) is 0 Å². The van der Waals surface area contributed by atoms with Gasteiger partial charge in [0.2, 0.25) is 5.13 Å². The molecule has 0 aromatic carbocycles. The third kappa shape index (κ3) is 1.45. The van der Waals surface area contributed by atoms with Gasteiger partial charge in [0.05, 0.1) is 0 Å². The van der Waals surface area contributed by atoms with Crippen molar-refractivity contribution in [1.29, 1.82) is 0 Å². The zero-order chi connectivity index (χ0) is 7.07. The van der Waals surface area contributed by atoms with Crippen molar-refractivity contribution in [3.05, 3.63) is 0 Å². The number of rotatable bonds is 1. The fourth-order valence-electron chi connectivity index (χ4n) is 0.438. The minimum Gasteiger partial charge on any atom is -0.450 e. The SMILES string of the molecule is O=C(O)O[C@@H]1C[C@@]1(F)Cl. The molecule has 0 unspecified atom stereocenters. The Morgan fingerprint density at radius 1 is 2.00 bits per heavy atom. The molecule has 0 spiro atoms. The maximum absolute atomic E-state index is 12.2. The van der Waals surface area contributed by atoms with Gasteiger partial charge in [-0.15, -0.1) is 0 Å². The topological polar surface area (TPSA) is 46.5 Å². The highest BCUT2D eigenvalue weighted by Crippen LogP contribution is 2.46. The number of ether oxygens (including phenoxy) is 1. The van der Waals surface area contributed by atoms with Crippen LogP contribution in [-0.2, 0) is 4.74 Å². The molecule has 52 valence electrons. The van der Waals surface area contributed by atoms with Crippen molar-refractivity contribution in [3.8, 4) is 0 Å². The summed E-state index contributed by atoms with van der Waals surface area (Å²) in [6, 6.07) is 0. The Bertz CT molecular complexity index is 147. The van der Waals surface area contributed by atoms with Gasteiger partial charge in [-0.05, 0) is 0 Å². The Kier molecular flexibility index (Phi) is 1.27. The first-order valence-corrected chi connectivity index (χ1v) is 2.67. The highest BCUT2D eigenvalue weighted by atomic mass is 35.5. The zero-order valence-corrected chi connectivity index (χ0v) is 5.06. The lowest BCUT2D eigenvalue weighted by molar-refractivity contribution is 0.0742. The number of hydrogen-bond acceptors (Lipinski definition) is 2. The molecule has 1 rings (SSSR count). The first-order chi connectivity index (χ1) is 4.02. The van der Waals surface area contributed by atoms with Crippen LogP contribution in [0.5, 0.6) is 0 Å². The van der Waals surface area contributed by atoms with Crippen LogP contribution in [0.4, 0.5) is 9.18 Å². The molecule has 1 saturated carbocycles. The van der Waals surface area contributed by atoms with E-state index < -0.39 is 17.4 Å². The van der Waals surface area contributed by atoms with E-state index in [9.17, 15) is 9.18 Å². The molecular formula is C4H4ClFO3. The van der Waals surface area contributed by atoms with Gasteiger partial charge in [-0.1, -0.05) is 11.6 Å². The largest absolute Gasteiger partial charge is 0.506 e. The molecule has 0 aromatic heterocycles. The molecule has 0 aromatic rings. The van der Waals surface area contributed by atoms with Gasteiger partial charge in [0.15, 0.2) is 6.10 Å². The van der Waals surface area contributed by atoms with Gasteiger partial charge in [-0.2, -0.15) is 0 Å². The summed E-state index contributed by atoms with van der Waals surface area (Å²) in [5.74, 6) is 0. The highest BCUT2D eigenvalue weighted by Gasteiger charge is 2.58. The molecule has 9 heavy (non-hydrogen) atoms. The van der Waals surface area contributed by atoms with E-state index in [4.69, 9.17) is 16.7 Å². The molecule has 0 heterocycles. The van der Waals surface area contributed by atoms with Gasteiger partial charge in [-0.25, -0.2) is 9.18 Å². The van der Waals surface area contributed by atoms with Crippen LogP contribution >= 0.6 is 11.6 Å². The van der Waals surface area contributed by atoms with Crippen LogP contribution in [0.15, 0.2) is 0 Å². The Hall–Kier alpha value is -0.510. The average molecular weight is 155 g/mol. The fourth-order valence-corrected chi connectivity index (χ4v) is 0.623. The third-order valence-corrected chi connectivity index (χ3v) is 1.41. The van der Waals surface area contributed by atoms with E-state index in [1.165, 1.54) is 0 Å². The number of carboxylic acid groups (broad SMARTS) is 1. The Balaban J connectivity index is 2.28. The standard InChI is InChI=1S/C4H4ClFO3/c5-4(6)1-2(4)9-3(7)8/h2H,1H2,(H,7,8)/t2-,4+/m1/s1. The smallest absolute Gasteiger partial charge is 0.450 e. The summed E-state index contributed by atoms with van der Waals surface area (Å²) in [6.45, 7) is 0. The fraction of sp³-hybridized carbons (Fsp3) is 0.750. The maximum Gasteiger partial charge on any atom is 0.506 e. The van der Waals surface area contributed by atoms with Gasteiger partial charge in [0.1, 0.15) is 0 Å². The summed E-state index contributed by atoms with van der Waals surface area (Å²) in [7, 11) is 0. The van der Waals surface area contributed by atoms with Gasteiger partial charge in [0.25, 0.3) is 0 Å². The minimum absolute atomic E-state index is 0.0408. The molecule has 0 saturated heterocycles. The van der Waals surface area contributed by atoms with E-state index in [2.05, 4.69) is 4.74 Å². The van der Waals surface area contributed by atoms with Crippen molar-refractivity contribution in [2.45, 2.75) is 17.7 Å². The van der Waals surface area contributed by atoms with Crippen LogP contribution < -0.4 is 0 Å². The van der Waals surface area contributed by atoms with Crippen molar-refractivity contribution in [2.24, 2.45) is 0 Å². The summed E-state index contributed by atoms with van der Waals surface area (Å²) in [5, 5.41) is 5.98. The highest BCUT2D eigenvalue weighted by molar-refractivity contribution is 6.25. The van der Waals surface area contributed by atoms with Gasteiger partial charge >= 0.3 is 6.16 Å². The van der Waals surface area contributed by atoms with Crippen molar-refractivity contribution >= 4 is 17.8 Å². The molecule has 1 fully saturated rings. The predicted octanol–water partition coefficient (Wildman–Crippen LogP) is 1.36. The van der Waals surface area contributed by atoms with Crippen molar-refractivity contribution < 1.29 is 19.0 Å². The van der Waals surface area contributed by atoms with E-state index in [0.29, 0.717) is 0 Å². The van der Waals surface area contributed by atoms with Crippen LogP contribution in [0.1, 0.15) is 6.42 Å². The molecule has 0 amide bonds. The Morgan fingerprint density at radius 3 is 2.56 bits per heavy atom. The number of alkyl halides is 2. The van der Waals surface area contributed by atoms with E-state index in [0.717, 1.165) is 0 Å². The number of hydrogen-bond donors (Lipinski definition) is 1. The number of carbonyl (C=O) groups is 1. The van der Waals surface area contributed by atoms with E-state index in [1.54, 1.807) is 0 Å². The molecule has 0 aliphatic heterocycles. The molecule has 1 N–H and O–H groups in total. The molecule has 5 heteroatoms. The molecule has 3 nitrogen and oxygen atoms in total. The van der Waals surface area contributed by atoms with E-state index in [-0.39, 0.29) is 6.42 Å². The number of halogens is 2. The first kappa shape index (κ1) is 6.61. The van der Waals surface area contributed by atoms with Crippen LogP contribution in [0, 0.1) is 0 Å². The zero-order valence-electron chi connectivity index (χ0n) is 4.30. The summed E-state index contributed by atoms with van der Waals surface area (Å²) in [4.78, 5) is 9.69. The predicted molar refractivity (Wildman–Crippen MR) is 27.2 cm³/mol. The second kappa shape index (κ2) is 1.73.